The van der Waals surface area contributed by atoms with E-state index in [2.05, 4.69) is 48.8 Å². The van der Waals surface area contributed by atoms with Gasteiger partial charge in [-0.15, -0.1) is 0 Å². The molecule has 1 aromatic rings. The third kappa shape index (κ3) is 4.02. The average molecular weight is 426 g/mol. The Kier molecular flexibility index (Phi) is 6.21. The van der Waals surface area contributed by atoms with E-state index in [1.165, 1.54) is 35.3 Å². The Bertz CT molecular complexity index is 862. The van der Waals surface area contributed by atoms with Gasteiger partial charge in [0.1, 0.15) is 0 Å². The summed E-state index contributed by atoms with van der Waals surface area (Å²) in [5.41, 5.74) is 3.51. The first-order chi connectivity index (χ1) is 14.9. The summed E-state index contributed by atoms with van der Waals surface area (Å²) in [5, 5.41) is 0. The topological polar surface area (TPSA) is 59.5 Å². The average Bonchev–Trinajstić information content (AvgIpc) is 3.29. The van der Waals surface area contributed by atoms with Crippen molar-refractivity contribution in [2.45, 2.75) is 71.5 Å². The van der Waals surface area contributed by atoms with Crippen molar-refractivity contribution in [3.63, 3.8) is 0 Å². The smallest absolute Gasteiger partial charge is 0.325 e. The molecule has 3 amide bonds. The first-order valence-corrected chi connectivity index (χ1v) is 11.7. The Morgan fingerprint density at radius 3 is 2.35 bits per heavy atom. The van der Waals surface area contributed by atoms with Gasteiger partial charge in [-0.25, -0.2) is 9.79 Å². The number of hydrogen-bond donors (Lipinski definition) is 0. The Morgan fingerprint density at radius 2 is 1.65 bits per heavy atom. The number of carbonyl (C=O) groups excluding carboxylic acids is 2. The fourth-order valence-corrected chi connectivity index (χ4v) is 5.04. The lowest BCUT2D eigenvalue weighted by atomic mass is 10.1. The number of imide groups is 1. The minimum atomic E-state index is -0.440. The van der Waals surface area contributed by atoms with Crippen LogP contribution in [0, 0.1) is 13.8 Å². The molecule has 3 aliphatic heterocycles. The normalized spacial score (nSPS) is 22.9. The van der Waals surface area contributed by atoms with Crippen LogP contribution in [0.3, 0.4) is 0 Å². The molecule has 2 saturated heterocycles. The second-order valence-electron chi connectivity index (χ2n) is 9.13. The van der Waals surface area contributed by atoms with Crippen LogP contribution < -0.4 is 4.90 Å². The molecule has 3 aliphatic rings. The molecule has 0 bridgehead atoms. The lowest BCUT2D eigenvalue weighted by molar-refractivity contribution is -0.137. The molecule has 0 aromatic heterocycles. The number of carbonyl (C=O) groups is 2. The van der Waals surface area contributed by atoms with Crippen molar-refractivity contribution in [1.82, 2.24) is 14.7 Å². The summed E-state index contributed by atoms with van der Waals surface area (Å²) in [7, 11) is 1.77. The second-order valence-corrected chi connectivity index (χ2v) is 9.13. The van der Waals surface area contributed by atoms with Crippen molar-refractivity contribution >= 4 is 23.6 Å². The number of fused-ring (bicyclic) bond motifs is 3. The molecule has 3 heterocycles. The van der Waals surface area contributed by atoms with Gasteiger partial charge in [-0.1, -0.05) is 45.1 Å². The summed E-state index contributed by atoms with van der Waals surface area (Å²) in [4.78, 5) is 38.6. The highest BCUT2D eigenvalue weighted by atomic mass is 16.2. The zero-order valence-corrected chi connectivity index (χ0v) is 19.3. The number of likely N-dealkylation sites (N-methyl/N-ethyl adjacent to an activating group) is 1. The van der Waals surface area contributed by atoms with Crippen LogP contribution in [0.2, 0.25) is 0 Å². The maximum absolute atomic E-state index is 13.4. The quantitative estimate of drug-likeness (QED) is 0.595. The molecular weight excluding hydrogens is 390 g/mol. The molecular formula is C24H35N5O2. The summed E-state index contributed by atoms with van der Waals surface area (Å²) >= 11 is 0. The van der Waals surface area contributed by atoms with Crippen molar-refractivity contribution in [1.29, 1.82) is 0 Å². The lowest BCUT2D eigenvalue weighted by Gasteiger charge is -2.40. The lowest BCUT2D eigenvalue weighted by Crippen LogP contribution is -2.64. The summed E-state index contributed by atoms with van der Waals surface area (Å²) in [6.45, 7) is 8.43. The van der Waals surface area contributed by atoms with Crippen LogP contribution in [0.5, 0.6) is 0 Å². The van der Waals surface area contributed by atoms with E-state index in [1.807, 2.05) is 0 Å². The third-order valence-electron chi connectivity index (χ3n) is 6.63. The monoisotopic (exact) mass is 425 g/mol. The minimum Gasteiger partial charge on any atom is -0.325 e. The van der Waals surface area contributed by atoms with Gasteiger partial charge in [0, 0.05) is 32.4 Å². The van der Waals surface area contributed by atoms with E-state index < -0.39 is 12.2 Å². The predicted octanol–water partition coefficient (Wildman–Crippen LogP) is 3.74. The van der Waals surface area contributed by atoms with E-state index in [0.29, 0.717) is 6.54 Å². The van der Waals surface area contributed by atoms with Gasteiger partial charge < -0.3 is 14.7 Å². The first kappa shape index (κ1) is 21.7. The Hall–Kier alpha value is -2.57. The highest BCUT2D eigenvalue weighted by Gasteiger charge is 2.54. The Labute approximate surface area is 185 Å². The summed E-state index contributed by atoms with van der Waals surface area (Å²) < 4.78 is 0. The number of aliphatic imine (C=N–C) groups is 1. The number of unbranched alkanes of at least 4 members (excludes halogenated alkanes) is 5. The van der Waals surface area contributed by atoms with Crippen LogP contribution in [0.1, 0.15) is 56.6 Å². The van der Waals surface area contributed by atoms with Crippen LogP contribution in [0.25, 0.3) is 0 Å². The molecule has 0 saturated carbocycles. The number of aryl methyl sites for hydroxylation is 2. The van der Waals surface area contributed by atoms with Gasteiger partial charge in [0.05, 0.1) is 0 Å². The summed E-state index contributed by atoms with van der Waals surface area (Å²) in [5.74, 6) is 0.720. The van der Waals surface area contributed by atoms with Gasteiger partial charge in [-0.05, 0) is 43.5 Å². The van der Waals surface area contributed by atoms with E-state index in [9.17, 15) is 9.59 Å². The number of benzene rings is 1. The largest absolute Gasteiger partial charge is 0.328 e. The molecule has 4 rings (SSSR count). The molecule has 31 heavy (non-hydrogen) atoms. The molecule has 0 spiro atoms. The number of amides is 3. The minimum absolute atomic E-state index is 0.0947. The molecule has 0 N–H and O–H groups in total. The van der Waals surface area contributed by atoms with Crippen molar-refractivity contribution in [2.24, 2.45) is 4.99 Å². The number of urea groups is 1. The Balaban J connectivity index is 1.48. The predicted molar refractivity (Wildman–Crippen MR) is 123 cm³/mol. The van der Waals surface area contributed by atoms with E-state index in [0.717, 1.165) is 44.0 Å². The van der Waals surface area contributed by atoms with Crippen LogP contribution in [-0.4, -0.2) is 71.5 Å². The maximum Gasteiger partial charge on any atom is 0.328 e. The van der Waals surface area contributed by atoms with Gasteiger partial charge in [0.25, 0.3) is 5.91 Å². The number of guanidine groups is 1. The van der Waals surface area contributed by atoms with Crippen LogP contribution >= 0.6 is 0 Å². The molecule has 168 valence electrons. The molecule has 0 aliphatic carbocycles. The van der Waals surface area contributed by atoms with Crippen LogP contribution in [0.4, 0.5) is 10.5 Å². The van der Waals surface area contributed by atoms with Crippen LogP contribution in [-0.2, 0) is 4.79 Å². The van der Waals surface area contributed by atoms with Crippen molar-refractivity contribution in [2.75, 3.05) is 31.6 Å². The molecule has 2 atom stereocenters. The van der Waals surface area contributed by atoms with E-state index in [4.69, 9.17) is 4.99 Å². The fraction of sp³-hybridized carbons (Fsp3) is 0.625. The number of rotatable bonds is 8. The first-order valence-electron chi connectivity index (χ1n) is 11.7. The summed E-state index contributed by atoms with van der Waals surface area (Å²) in [6, 6.07) is 5.84. The number of anilines is 1. The molecule has 2 fully saturated rings. The van der Waals surface area contributed by atoms with Crippen molar-refractivity contribution < 1.29 is 9.59 Å². The molecule has 1 aromatic carbocycles. The zero-order chi connectivity index (χ0) is 22.1. The van der Waals surface area contributed by atoms with Gasteiger partial charge in [-0.2, -0.15) is 0 Å². The van der Waals surface area contributed by atoms with Gasteiger partial charge in [-0.3, -0.25) is 9.69 Å². The van der Waals surface area contributed by atoms with E-state index in [1.54, 1.807) is 11.9 Å². The number of hydrogen-bond acceptors (Lipinski definition) is 5. The van der Waals surface area contributed by atoms with Crippen molar-refractivity contribution in [3.8, 4) is 0 Å². The SMILES string of the molecule is CCCCCCCCN1C(=O)C2C(N=C3N(c4cc(C)cc(C)c4)CCN32)N(C)C1=O. The number of nitrogens with zero attached hydrogens (tertiary/aromatic N) is 5. The van der Waals surface area contributed by atoms with Crippen molar-refractivity contribution in [3.05, 3.63) is 29.3 Å². The second kappa shape index (κ2) is 8.89. The van der Waals surface area contributed by atoms with E-state index >= 15 is 0 Å². The third-order valence-corrected chi connectivity index (χ3v) is 6.63. The summed E-state index contributed by atoms with van der Waals surface area (Å²) in [6.07, 6.45) is 6.34. The molecule has 7 heteroatoms. The van der Waals surface area contributed by atoms with Gasteiger partial charge in [0.15, 0.2) is 12.2 Å². The van der Waals surface area contributed by atoms with Gasteiger partial charge >= 0.3 is 6.03 Å². The highest BCUT2D eigenvalue weighted by molar-refractivity contribution is 6.08. The highest BCUT2D eigenvalue weighted by Crippen LogP contribution is 2.34. The van der Waals surface area contributed by atoms with Gasteiger partial charge in [0.2, 0.25) is 5.96 Å². The standard InChI is InChI=1S/C24H35N5O2/c1-5-6-7-8-9-10-11-29-22(30)20-21(26(4)24(29)31)25-23-27(12-13-28(20)23)19-15-17(2)14-18(3)16-19/h14-16,20-21H,5-13H2,1-4H3. The molecule has 7 nitrogen and oxygen atoms in total. The maximum atomic E-state index is 13.4. The van der Waals surface area contributed by atoms with E-state index in [-0.39, 0.29) is 11.9 Å². The Morgan fingerprint density at radius 1 is 0.968 bits per heavy atom. The van der Waals surface area contributed by atoms with Crippen LogP contribution in [0.15, 0.2) is 23.2 Å². The zero-order valence-electron chi connectivity index (χ0n) is 19.3. The fourth-order valence-electron chi connectivity index (χ4n) is 5.04. The molecule has 2 unspecified atom stereocenters. The molecule has 0 radical (unpaired) electrons.